The van der Waals surface area contributed by atoms with Crippen molar-refractivity contribution in [3.8, 4) is 0 Å². The molecule has 2 fully saturated rings. The summed E-state index contributed by atoms with van der Waals surface area (Å²) in [5.74, 6) is 0.262. The van der Waals surface area contributed by atoms with Crippen molar-refractivity contribution in [3.63, 3.8) is 0 Å². The molecule has 2 aliphatic rings. The molecule has 1 amide bonds. The van der Waals surface area contributed by atoms with Crippen molar-refractivity contribution < 1.29 is 4.79 Å². The third-order valence-corrected chi connectivity index (χ3v) is 4.80. The molecule has 2 rings (SSSR count). The quantitative estimate of drug-likeness (QED) is 0.766. The Bertz CT molecular complexity index is 313. The molecule has 4 heteroatoms. The van der Waals surface area contributed by atoms with Gasteiger partial charge in [0, 0.05) is 6.04 Å². The maximum absolute atomic E-state index is 12.0. The predicted octanol–water partition coefficient (Wildman–Crippen LogP) is 1.49. The van der Waals surface area contributed by atoms with Crippen molar-refractivity contribution in [2.45, 2.75) is 64.0 Å². The zero-order chi connectivity index (χ0) is 13.9. The Balaban J connectivity index is 1.97. The van der Waals surface area contributed by atoms with Crippen molar-refractivity contribution in [3.05, 3.63) is 0 Å². The molecule has 19 heavy (non-hydrogen) atoms. The lowest BCUT2D eigenvalue weighted by Gasteiger charge is -2.36. The first-order valence-corrected chi connectivity index (χ1v) is 7.84. The topological polar surface area (TPSA) is 58.4 Å². The van der Waals surface area contributed by atoms with Gasteiger partial charge in [-0.15, -0.1) is 0 Å². The summed E-state index contributed by atoms with van der Waals surface area (Å²) in [6.07, 6.45) is 6.92. The van der Waals surface area contributed by atoms with Crippen molar-refractivity contribution in [1.82, 2.24) is 10.2 Å². The molecule has 2 unspecified atom stereocenters. The van der Waals surface area contributed by atoms with Crippen LogP contribution in [0.3, 0.4) is 0 Å². The Morgan fingerprint density at radius 1 is 1.37 bits per heavy atom. The lowest BCUT2D eigenvalue weighted by molar-refractivity contribution is -0.126. The van der Waals surface area contributed by atoms with Crippen LogP contribution in [0.5, 0.6) is 0 Å². The molecule has 1 aliphatic carbocycles. The number of nitrogens with two attached hydrogens (primary N) is 1. The van der Waals surface area contributed by atoms with Crippen LogP contribution in [0.25, 0.3) is 0 Å². The molecule has 1 saturated carbocycles. The third-order valence-electron chi connectivity index (χ3n) is 4.80. The van der Waals surface area contributed by atoms with Crippen LogP contribution >= 0.6 is 0 Å². The van der Waals surface area contributed by atoms with Gasteiger partial charge in [-0.3, -0.25) is 4.79 Å². The highest BCUT2D eigenvalue weighted by molar-refractivity contribution is 5.85. The fraction of sp³-hybridized carbons (Fsp3) is 0.933. The van der Waals surface area contributed by atoms with E-state index in [1.54, 1.807) is 0 Å². The number of carbonyl (C=O) groups is 1. The molecule has 0 radical (unpaired) electrons. The van der Waals surface area contributed by atoms with Crippen molar-refractivity contribution >= 4 is 5.91 Å². The summed E-state index contributed by atoms with van der Waals surface area (Å²) < 4.78 is 0. The van der Waals surface area contributed by atoms with Crippen LogP contribution in [-0.2, 0) is 4.79 Å². The molecule has 1 heterocycles. The van der Waals surface area contributed by atoms with Crippen molar-refractivity contribution in [2.24, 2.45) is 11.7 Å². The summed E-state index contributed by atoms with van der Waals surface area (Å²) in [5.41, 5.74) is 5.29. The van der Waals surface area contributed by atoms with Gasteiger partial charge in [-0.2, -0.15) is 0 Å². The van der Waals surface area contributed by atoms with Gasteiger partial charge in [-0.05, 0) is 71.5 Å². The van der Waals surface area contributed by atoms with Crippen LogP contribution in [0.2, 0.25) is 0 Å². The Kier molecular flexibility index (Phi) is 4.85. The fourth-order valence-corrected chi connectivity index (χ4v) is 3.91. The van der Waals surface area contributed by atoms with Gasteiger partial charge in [0.05, 0.1) is 0 Å². The van der Waals surface area contributed by atoms with E-state index in [4.69, 9.17) is 5.73 Å². The van der Waals surface area contributed by atoms with Gasteiger partial charge in [0.25, 0.3) is 0 Å². The maximum Gasteiger partial charge on any atom is 0.238 e. The zero-order valence-electron chi connectivity index (χ0n) is 12.5. The largest absolute Gasteiger partial charge is 0.368 e. The Morgan fingerprint density at radius 2 is 2.05 bits per heavy atom. The maximum atomic E-state index is 12.0. The number of nitrogens with one attached hydrogen (secondary N) is 1. The van der Waals surface area contributed by atoms with Gasteiger partial charge in [0.2, 0.25) is 5.91 Å². The van der Waals surface area contributed by atoms with Crippen LogP contribution in [0.1, 0.15) is 52.4 Å². The molecule has 0 aromatic carbocycles. The summed E-state index contributed by atoms with van der Waals surface area (Å²) in [6.45, 7) is 7.78. The first kappa shape index (κ1) is 14.8. The molecule has 110 valence electrons. The van der Waals surface area contributed by atoms with Crippen LogP contribution in [0.15, 0.2) is 0 Å². The average molecular weight is 267 g/mol. The minimum Gasteiger partial charge on any atom is -0.368 e. The van der Waals surface area contributed by atoms with Gasteiger partial charge in [0.15, 0.2) is 0 Å². The van der Waals surface area contributed by atoms with Gasteiger partial charge in [0.1, 0.15) is 5.54 Å². The molecule has 4 nitrogen and oxygen atoms in total. The minimum atomic E-state index is -0.451. The summed E-state index contributed by atoms with van der Waals surface area (Å²) in [4.78, 5) is 14.5. The molecule has 0 spiro atoms. The van der Waals surface area contributed by atoms with Crippen molar-refractivity contribution in [1.29, 1.82) is 0 Å². The average Bonchev–Trinajstić information content (AvgIpc) is 2.95. The number of primary amides is 1. The Hall–Kier alpha value is -0.610. The highest BCUT2D eigenvalue weighted by Crippen LogP contribution is 2.38. The molecule has 0 bridgehead atoms. The summed E-state index contributed by atoms with van der Waals surface area (Å²) in [7, 11) is 0. The Morgan fingerprint density at radius 3 is 2.63 bits per heavy atom. The summed E-state index contributed by atoms with van der Waals surface area (Å²) in [6, 6.07) is 0.305. The van der Waals surface area contributed by atoms with Gasteiger partial charge in [-0.1, -0.05) is 6.42 Å². The normalized spacial score (nSPS) is 32.3. The molecule has 1 saturated heterocycles. The third kappa shape index (κ3) is 3.29. The molecule has 0 aromatic rings. The molecule has 0 aromatic heterocycles. The SMILES string of the molecule is CC(C)NC1(C(N)=O)CCCC1CCN1CCCC1. The van der Waals surface area contributed by atoms with E-state index in [9.17, 15) is 4.79 Å². The molecular weight excluding hydrogens is 238 g/mol. The lowest BCUT2D eigenvalue weighted by Crippen LogP contribution is -2.60. The minimum absolute atomic E-state index is 0.148. The first-order valence-electron chi connectivity index (χ1n) is 7.84. The van der Waals surface area contributed by atoms with E-state index < -0.39 is 5.54 Å². The molecule has 3 N–H and O–H groups in total. The highest BCUT2D eigenvalue weighted by Gasteiger charge is 2.47. The van der Waals surface area contributed by atoms with Crippen LogP contribution in [0.4, 0.5) is 0 Å². The first-order chi connectivity index (χ1) is 9.04. The van der Waals surface area contributed by atoms with Crippen LogP contribution < -0.4 is 11.1 Å². The summed E-state index contributed by atoms with van der Waals surface area (Å²) in [5, 5.41) is 3.49. The van der Waals surface area contributed by atoms with Crippen LogP contribution in [-0.4, -0.2) is 42.0 Å². The molecular formula is C15H29N3O. The smallest absolute Gasteiger partial charge is 0.238 e. The van der Waals surface area contributed by atoms with E-state index in [2.05, 4.69) is 24.1 Å². The van der Waals surface area contributed by atoms with E-state index in [1.165, 1.54) is 25.9 Å². The van der Waals surface area contributed by atoms with Gasteiger partial charge in [-0.25, -0.2) is 0 Å². The number of likely N-dealkylation sites (tertiary alicyclic amines) is 1. The molecule has 1 aliphatic heterocycles. The Labute approximate surface area is 117 Å². The van der Waals surface area contributed by atoms with E-state index in [-0.39, 0.29) is 5.91 Å². The number of hydrogen-bond acceptors (Lipinski definition) is 3. The second kappa shape index (κ2) is 6.23. The number of hydrogen-bond donors (Lipinski definition) is 2. The fourth-order valence-electron chi connectivity index (χ4n) is 3.91. The molecule has 2 atom stereocenters. The van der Waals surface area contributed by atoms with E-state index in [1.807, 2.05) is 0 Å². The number of nitrogens with zero attached hydrogens (tertiary/aromatic N) is 1. The van der Waals surface area contributed by atoms with E-state index >= 15 is 0 Å². The second-order valence-corrected chi connectivity index (χ2v) is 6.56. The highest BCUT2D eigenvalue weighted by atomic mass is 16.1. The standard InChI is InChI=1S/C15H29N3O/c1-12(2)17-15(14(16)19)8-5-6-13(15)7-11-18-9-3-4-10-18/h12-13,17H,3-11H2,1-2H3,(H2,16,19). The predicted molar refractivity (Wildman–Crippen MR) is 77.8 cm³/mol. The number of rotatable bonds is 6. The number of carbonyl (C=O) groups excluding carboxylic acids is 1. The van der Waals surface area contributed by atoms with Crippen LogP contribution in [0, 0.1) is 5.92 Å². The van der Waals surface area contributed by atoms with Gasteiger partial charge < -0.3 is 16.0 Å². The summed E-state index contributed by atoms with van der Waals surface area (Å²) >= 11 is 0. The van der Waals surface area contributed by atoms with Gasteiger partial charge >= 0.3 is 0 Å². The van der Waals surface area contributed by atoms with E-state index in [0.717, 1.165) is 32.2 Å². The van der Waals surface area contributed by atoms with E-state index in [0.29, 0.717) is 12.0 Å². The monoisotopic (exact) mass is 267 g/mol. The lowest BCUT2D eigenvalue weighted by atomic mass is 9.83. The zero-order valence-corrected chi connectivity index (χ0v) is 12.5. The number of amides is 1. The second-order valence-electron chi connectivity index (χ2n) is 6.56. The van der Waals surface area contributed by atoms with Crippen molar-refractivity contribution in [2.75, 3.05) is 19.6 Å².